The largest absolute Gasteiger partial charge is 0.311 e. The maximum absolute atomic E-state index is 12.9. The van der Waals surface area contributed by atoms with Gasteiger partial charge < -0.3 is 9.80 Å². The van der Waals surface area contributed by atoms with E-state index in [0.29, 0.717) is 6.54 Å². The van der Waals surface area contributed by atoms with Crippen LogP contribution in [0.2, 0.25) is 0 Å². The Hall–Kier alpha value is -2.62. The van der Waals surface area contributed by atoms with Crippen molar-refractivity contribution in [2.24, 2.45) is 0 Å². The lowest BCUT2D eigenvalue weighted by atomic mass is 10.1. The van der Waals surface area contributed by atoms with E-state index in [4.69, 9.17) is 0 Å². The van der Waals surface area contributed by atoms with E-state index in [9.17, 15) is 9.59 Å². The molecule has 0 unspecified atom stereocenters. The second kappa shape index (κ2) is 8.47. The number of benzene rings is 2. The van der Waals surface area contributed by atoms with Gasteiger partial charge in [-0.3, -0.25) is 9.59 Å². The normalized spacial score (nSPS) is 10.4. The summed E-state index contributed by atoms with van der Waals surface area (Å²) in [5, 5.41) is 0. The molecule has 0 saturated heterocycles. The summed E-state index contributed by atoms with van der Waals surface area (Å²) in [6.45, 7) is 8.09. The summed E-state index contributed by atoms with van der Waals surface area (Å²) in [6.07, 6.45) is 0.809. The topological polar surface area (TPSA) is 40.6 Å². The molecular formula is C21H26N2O2. The van der Waals surface area contributed by atoms with Crippen molar-refractivity contribution < 1.29 is 9.59 Å². The quantitative estimate of drug-likeness (QED) is 0.800. The first-order valence-electron chi connectivity index (χ1n) is 8.71. The van der Waals surface area contributed by atoms with Crippen LogP contribution in [0, 0.1) is 6.92 Å². The third-order valence-corrected chi connectivity index (χ3v) is 4.27. The van der Waals surface area contributed by atoms with E-state index in [0.717, 1.165) is 28.9 Å². The molecule has 0 fully saturated rings. The van der Waals surface area contributed by atoms with Gasteiger partial charge in [0.25, 0.3) is 0 Å². The van der Waals surface area contributed by atoms with Gasteiger partial charge in [0.05, 0.1) is 0 Å². The van der Waals surface area contributed by atoms with Crippen molar-refractivity contribution in [3.05, 3.63) is 59.7 Å². The maximum Gasteiger partial charge on any atom is 0.247 e. The van der Waals surface area contributed by atoms with Gasteiger partial charge in [0.2, 0.25) is 11.8 Å². The van der Waals surface area contributed by atoms with Gasteiger partial charge >= 0.3 is 0 Å². The second-order valence-electron chi connectivity index (χ2n) is 6.06. The van der Waals surface area contributed by atoms with Gasteiger partial charge in [0, 0.05) is 24.8 Å². The Morgan fingerprint density at radius 3 is 2.28 bits per heavy atom. The molecule has 0 aliphatic carbocycles. The minimum Gasteiger partial charge on any atom is -0.311 e. The number of hydrogen-bond acceptors (Lipinski definition) is 2. The van der Waals surface area contributed by atoms with Gasteiger partial charge in [0.1, 0.15) is 6.54 Å². The van der Waals surface area contributed by atoms with E-state index < -0.39 is 0 Å². The minimum atomic E-state index is -0.130. The molecule has 0 aliphatic heterocycles. The molecule has 2 aromatic rings. The number of anilines is 2. The van der Waals surface area contributed by atoms with E-state index in [1.807, 2.05) is 69.3 Å². The Morgan fingerprint density at radius 2 is 1.68 bits per heavy atom. The minimum absolute atomic E-state index is 0.0358. The lowest BCUT2D eigenvalue weighted by Crippen LogP contribution is -2.42. The highest BCUT2D eigenvalue weighted by Gasteiger charge is 2.22. The van der Waals surface area contributed by atoms with Crippen LogP contribution in [0.4, 0.5) is 11.4 Å². The molecular weight excluding hydrogens is 312 g/mol. The van der Waals surface area contributed by atoms with Crippen LogP contribution in [0.15, 0.2) is 48.5 Å². The van der Waals surface area contributed by atoms with Gasteiger partial charge in [-0.1, -0.05) is 37.3 Å². The van der Waals surface area contributed by atoms with Crippen molar-refractivity contribution in [2.75, 3.05) is 22.9 Å². The lowest BCUT2D eigenvalue weighted by molar-refractivity contribution is -0.121. The summed E-state index contributed by atoms with van der Waals surface area (Å²) < 4.78 is 0. The second-order valence-corrected chi connectivity index (χ2v) is 6.06. The lowest BCUT2D eigenvalue weighted by Gasteiger charge is -2.27. The summed E-state index contributed by atoms with van der Waals surface area (Å²) in [5.74, 6) is -0.219. The van der Waals surface area contributed by atoms with Crippen LogP contribution < -0.4 is 9.80 Å². The fraction of sp³-hybridized carbons (Fsp3) is 0.333. The third kappa shape index (κ3) is 4.47. The number of rotatable bonds is 6. The smallest absolute Gasteiger partial charge is 0.247 e. The Labute approximate surface area is 150 Å². The molecule has 2 aromatic carbocycles. The summed E-state index contributed by atoms with van der Waals surface area (Å²) in [7, 11) is 0. The standard InChI is InChI=1S/C21H26N2O2/c1-5-18-11-7-8-13-20(18)23(17(4)24)15-21(25)22(6-2)19-12-9-10-16(3)14-19/h7-14H,5-6,15H2,1-4H3. The molecule has 132 valence electrons. The van der Waals surface area contributed by atoms with Gasteiger partial charge in [-0.15, -0.1) is 0 Å². The fourth-order valence-corrected chi connectivity index (χ4v) is 2.96. The van der Waals surface area contributed by atoms with E-state index in [1.54, 1.807) is 9.80 Å². The van der Waals surface area contributed by atoms with Crippen LogP contribution in [-0.4, -0.2) is 24.9 Å². The zero-order valence-corrected chi connectivity index (χ0v) is 15.5. The molecule has 0 N–H and O–H groups in total. The fourth-order valence-electron chi connectivity index (χ4n) is 2.96. The monoisotopic (exact) mass is 338 g/mol. The van der Waals surface area contributed by atoms with Gasteiger partial charge in [-0.05, 0) is 49.6 Å². The highest BCUT2D eigenvalue weighted by Crippen LogP contribution is 2.22. The van der Waals surface area contributed by atoms with Gasteiger partial charge in [-0.2, -0.15) is 0 Å². The van der Waals surface area contributed by atoms with Crippen LogP contribution in [0.3, 0.4) is 0 Å². The number of amides is 2. The number of aryl methyl sites for hydroxylation is 2. The number of carbonyl (C=O) groups is 2. The number of para-hydroxylation sites is 1. The van der Waals surface area contributed by atoms with Crippen molar-refractivity contribution in [3.8, 4) is 0 Å². The molecule has 0 heterocycles. The molecule has 0 saturated carbocycles. The summed E-state index contributed by atoms with van der Waals surface area (Å²) in [4.78, 5) is 28.4. The van der Waals surface area contributed by atoms with Crippen LogP contribution >= 0.6 is 0 Å². The number of carbonyl (C=O) groups excluding carboxylic acids is 2. The SMILES string of the molecule is CCc1ccccc1N(CC(=O)N(CC)c1cccc(C)c1)C(C)=O. The third-order valence-electron chi connectivity index (χ3n) is 4.27. The highest BCUT2D eigenvalue weighted by atomic mass is 16.2. The number of hydrogen-bond donors (Lipinski definition) is 0. The summed E-state index contributed by atoms with van der Waals surface area (Å²) >= 11 is 0. The summed E-state index contributed by atoms with van der Waals surface area (Å²) in [5.41, 5.74) is 3.83. The van der Waals surface area contributed by atoms with E-state index in [1.165, 1.54) is 6.92 Å². The molecule has 2 amide bonds. The van der Waals surface area contributed by atoms with Crippen LogP contribution in [0.1, 0.15) is 31.9 Å². The first kappa shape index (κ1) is 18.7. The molecule has 4 nitrogen and oxygen atoms in total. The van der Waals surface area contributed by atoms with Crippen molar-refractivity contribution >= 4 is 23.2 Å². The van der Waals surface area contributed by atoms with E-state index in [-0.39, 0.29) is 18.4 Å². The van der Waals surface area contributed by atoms with Crippen molar-refractivity contribution in [2.45, 2.75) is 34.1 Å². The van der Waals surface area contributed by atoms with Gasteiger partial charge in [0.15, 0.2) is 0 Å². The zero-order valence-electron chi connectivity index (χ0n) is 15.5. The Bertz CT molecular complexity index is 755. The molecule has 0 aliphatic rings. The molecule has 0 spiro atoms. The molecule has 0 aromatic heterocycles. The van der Waals surface area contributed by atoms with Gasteiger partial charge in [-0.25, -0.2) is 0 Å². The van der Waals surface area contributed by atoms with Crippen LogP contribution in [0.5, 0.6) is 0 Å². The first-order chi connectivity index (χ1) is 12.0. The first-order valence-corrected chi connectivity index (χ1v) is 8.71. The predicted octanol–water partition coefficient (Wildman–Crippen LogP) is 3.96. The molecule has 25 heavy (non-hydrogen) atoms. The Balaban J connectivity index is 2.29. The van der Waals surface area contributed by atoms with Crippen molar-refractivity contribution in [1.29, 1.82) is 0 Å². The average Bonchev–Trinajstić information content (AvgIpc) is 2.60. The molecule has 2 rings (SSSR count). The highest BCUT2D eigenvalue weighted by molar-refractivity contribution is 6.03. The number of likely N-dealkylation sites (N-methyl/N-ethyl adjacent to an activating group) is 1. The maximum atomic E-state index is 12.9. The van der Waals surface area contributed by atoms with E-state index in [2.05, 4.69) is 0 Å². The molecule has 0 bridgehead atoms. The zero-order chi connectivity index (χ0) is 18.4. The Morgan fingerprint density at radius 1 is 0.960 bits per heavy atom. The number of nitrogens with zero attached hydrogens (tertiary/aromatic N) is 2. The Kier molecular flexibility index (Phi) is 6.34. The molecule has 4 heteroatoms. The predicted molar refractivity (Wildman–Crippen MR) is 103 cm³/mol. The summed E-state index contributed by atoms with van der Waals surface area (Å²) in [6, 6.07) is 15.6. The molecule has 0 atom stereocenters. The van der Waals surface area contributed by atoms with Crippen molar-refractivity contribution in [1.82, 2.24) is 0 Å². The van der Waals surface area contributed by atoms with E-state index >= 15 is 0 Å². The average molecular weight is 338 g/mol. The molecule has 0 radical (unpaired) electrons. The van der Waals surface area contributed by atoms with Crippen LogP contribution in [-0.2, 0) is 16.0 Å². The van der Waals surface area contributed by atoms with Crippen LogP contribution in [0.25, 0.3) is 0 Å². The van der Waals surface area contributed by atoms with Crippen molar-refractivity contribution in [3.63, 3.8) is 0 Å².